The zero-order chi connectivity index (χ0) is 18.9. The Hall–Kier alpha value is -2.93. The molecule has 0 aliphatic carbocycles. The van der Waals surface area contributed by atoms with E-state index in [-0.39, 0.29) is 22.3 Å². The molecule has 0 amide bonds. The standard InChI is InChI=1S/C19H18N2O4S/c1-13(16-9-5-7-14-6-3-4-8-17(14)16)20-18-11-10-15(26(2,24)25)12-19(18)21(22)23/h3-13,20H,1-2H3/t13-/m1/s1. The summed E-state index contributed by atoms with van der Waals surface area (Å²) >= 11 is 0. The molecule has 0 bridgehead atoms. The SMILES string of the molecule is C[C@@H](Nc1ccc(S(C)(=O)=O)cc1[N+](=O)[O-])c1cccc2ccccc12. The number of anilines is 1. The summed E-state index contributed by atoms with van der Waals surface area (Å²) in [6.07, 6.45) is 1.03. The van der Waals surface area contributed by atoms with E-state index in [1.807, 2.05) is 49.4 Å². The van der Waals surface area contributed by atoms with E-state index in [9.17, 15) is 18.5 Å². The van der Waals surface area contributed by atoms with Crippen LogP contribution in [0.1, 0.15) is 18.5 Å². The number of rotatable bonds is 5. The highest BCUT2D eigenvalue weighted by atomic mass is 32.2. The van der Waals surface area contributed by atoms with Crippen molar-refractivity contribution in [3.8, 4) is 0 Å². The van der Waals surface area contributed by atoms with Gasteiger partial charge < -0.3 is 5.32 Å². The molecule has 0 radical (unpaired) electrons. The monoisotopic (exact) mass is 370 g/mol. The van der Waals surface area contributed by atoms with Crippen LogP contribution < -0.4 is 5.32 Å². The summed E-state index contributed by atoms with van der Waals surface area (Å²) in [5, 5.41) is 16.7. The molecule has 7 heteroatoms. The molecule has 0 fully saturated rings. The molecule has 0 saturated heterocycles. The second kappa shape index (κ2) is 6.76. The van der Waals surface area contributed by atoms with Crippen LogP contribution in [-0.2, 0) is 9.84 Å². The van der Waals surface area contributed by atoms with Crippen LogP contribution in [0.2, 0.25) is 0 Å². The number of hydrogen-bond acceptors (Lipinski definition) is 5. The van der Waals surface area contributed by atoms with Crippen molar-refractivity contribution in [2.75, 3.05) is 11.6 Å². The highest BCUT2D eigenvalue weighted by Crippen LogP contribution is 2.32. The lowest BCUT2D eigenvalue weighted by Crippen LogP contribution is -2.09. The zero-order valence-electron chi connectivity index (χ0n) is 14.3. The summed E-state index contributed by atoms with van der Waals surface area (Å²) in [5.41, 5.74) is 1.02. The Bertz CT molecular complexity index is 1090. The summed E-state index contributed by atoms with van der Waals surface area (Å²) in [7, 11) is -3.52. The predicted molar refractivity (Wildman–Crippen MR) is 102 cm³/mol. The third-order valence-corrected chi connectivity index (χ3v) is 5.37. The molecule has 0 heterocycles. The molecular weight excluding hydrogens is 352 g/mol. The van der Waals surface area contributed by atoms with Crippen LogP contribution in [-0.4, -0.2) is 19.6 Å². The van der Waals surface area contributed by atoms with Gasteiger partial charge in [-0.25, -0.2) is 8.42 Å². The van der Waals surface area contributed by atoms with Gasteiger partial charge in [0.2, 0.25) is 0 Å². The first-order chi connectivity index (χ1) is 12.3. The smallest absolute Gasteiger partial charge is 0.293 e. The highest BCUT2D eigenvalue weighted by molar-refractivity contribution is 7.90. The molecule has 6 nitrogen and oxygen atoms in total. The van der Waals surface area contributed by atoms with E-state index in [1.54, 1.807) is 0 Å². The minimum absolute atomic E-state index is 0.0763. The van der Waals surface area contributed by atoms with Crippen molar-refractivity contribution in [2.45, 2.75) is 17.9 Å². The zero-order valence-corrected chi connectivity index (χ0v) is 15.2. The number of fused-ring (bicyclic) bond motifs is 1. The molecule has 0 aliphatic heterocycles. The van der Waals surface area contributed by atoms with Crippen LogP contribution in [0.3, 0.4) is 0 Å². The fourth-order valence-corrected chi connectivity index (χ4v) is 3.60. The molecule has 1 atom stereocenters. The fourth-order valence-electron chi connectivity index (χ4n) is 2.95. The van der Waals surface area contributed by atoms with Crippen molar-refractivity contribution in [3.63, 3.8) is 0 Å². The predicted octanol–water partition coefficient (Wildman–Crippen LogP) is 4.32. The molecule has 0 spiro atoms. The van der Waals surface area contributed by atoms with Gasteiger partial charge in [0, 0.05) is 18.4 Å². The maximum Gasteiger partial charge on any atom is 0.293 e. The second-order valence-electron chi connectivity index (χ2n) is 6.14. The number of nitrogens with zero attached hydrogens (tertiary/aromatic N) is 1. The topological polar surface area (TPSA) is 89.3 Å². The highest BCUT2D eigenvalue weighted by Gasteiger charge is 2.20. The number of nitro groups is 1. The van der Waals surface area contributed by atoms with Gasteiger partial charge in [-0.15, -0.1) is 0 Å². The lowest BCUT2D eigenvalue weighted by Gasteiger charge is -2.18. The minimum Gasteiger partial charge on any atom is -0.373 e. The number of benzene rings is 3. The molecule has 26 heavy (non-hydrogen) atoms. The van der Waals surface area contributed by atoms with Gasteiger partial charge in [0.1, 0.15) is 5.69 Å². The van der Waals surface area contributed by atoms with Gasteiger partial charge in [-0.1, -0.05) is 42.5 Å². The van der Waals surface area contributed by atoms with Gasteiger partial charge in [0.15, 0.2) is 9.84 Å². The van der Waals surface area contributed by atoms with Crippen molar-refractivity contribution in [2.24, 2.45) is 0 Å². The molecule has 134 valence electrons. The third-order valence-electron chi connectivity index (χ3n) is 4.26. The van der Waals surface area contributed by atoms with Crippen LogP contribution in [0.25, 0.3) is 10.8 Å². The number of hydrogen-bond donors (Lipinski definition) is 1. The van der Waals surface area contributed by atoms with Gasteiger partial charge in [-0.3, -0.25) is 10.1 Å². The molecule has 0 aliphatic rings. The fraction of sp³-hybridized carbons (Fsp3) is 0.158. The quantitative estimate of drug-likeness (QED) is 0.533. The average molecular weight is 370 g/mol. The van der Waals surface area contributed by atoms with Crippen LogP contribution in [0.5, 0.6) is 0 Å². The van der Waals surface area contributed by atoms with Gasteiger partial charge >= 0.3 is 0 Å². The van der Waals surface area contributed by atoms with E-state index < -0.39 is 14.8 Å². The van der Waals surface area contributed by atoms with Crippen molar-refractivity contribution in [1.82, 2.24) is 0 Å². The van der Waals surface area contributed by atoms with Gasteiger partial charge in [0.25, 0.3) is 5.69 Å². The van der Waals surface area contributed by atoms with Crippen LogP contribution in [0.15, 0.2) is 65.6 Å². The minimum atomic E-state index is -3.52. The number of nitro benzene ring substituents is 1. The Morgan fingerprint density at radius 2 is 1.73 bits per heavy atom. The Morgan fingerprint density at radius 1 is 1.04 bits per heavy atom. The van der Waals surface area contributed by atoms with E-state index in [0.29, 0.717) is 0 Å². The van der Waals surface area contributed by atoms with Gasteiger partial charge in [-0.05, 0) is 35.4 Å². The van der Waals surface area contributed by atoms with Crippen LogP contribution >= 0.6 is 0 Å². The number of nitrogens with one attached hydrogen (secondary N) is 1. The molecule has 3 aromatic carbocycles. The maximum absolute atomic E-state index is 11.7. The molecule has 0 aromatic heterocycles. The van der Waals surface area contributed by atoms with Gasteiger partial charge in [0.05, 0.1) is 9.82 Å². The summed E-state index contributed by atoms with van der Waals surface area (Å²) in [6, 6.07) is 17.5. The molecule has 1 N–H and O–H groups in total. The van der Waals surface area contributed by atoms with Crippen LogP contribution in [0, 0.1) is 10.1 Å². The largest absolute Gasteiger partial charge is 0.373 e. The molecule has 3 aromatic rings. The third kappa shape index (κ3) is 3.52. The summed E-state index contributed by atoms with van der Waals surface area (Å²) in [4.78, 5) is 10.7. The van der Waals surface area contributed by atoms with Gasteiger partial charge in [-0.2, -0.15) is 0 Å². The molecule has 3 rings (SSSR count). The Labute approximate surface area is 151 Å². The van der Waals surface area contributed by atoms with E-state index in [2.05, 4.69) is 5.32 Å². The van der Waals surface area contributed by atoms with E-state index in [4.69, 9.17) is 0 Å². The molecular formula is C19H18N2O4S. The molecule has 0 saturated carbocycles. The lowest BCUT2D eigenvalue weighted by atomic mass is 9.99. The van der Waals surface area contributed by atoms with Crippen molar-refractivity contribution in [1.29, 1.82) is 0 Å². The summed E-state index contributed by atoms with van der Waals surface area (Å²) in [5.74, 6) is 0. The first-order valence-electron chi connectivity index (χ1n) is 8.00. The van der Waals surface area contributed by atoms with E-state index in [1.165, 1.54) is 12.1 Å². The van der Waals surface area contributed by atoms with Crippen molar-refractivity contribution < 1.29 is 13.3 Å². The Kier molecular flexibility index (Phi) is 4.65. The van der Waals surface area contributed by atoms with Crippen molar-refractivity contribution in [3.05, 3.63) is 76.3 Å². The lowest BCUT2D eigenvalue weighted by molar-refractivity contribution is -0.384. The maximum atomic E-state index is 11.7. The van der Waals surface area contributed by atoms with E-state index in [0.717, 1.165) is 28.7 Å². The normalized spacial score (nSPS) is 12.7. The average Bonchev–Trinajstić information content (AvgIpc) is 2.60. The first kappa shape index (κ1) is 17.9. The summed E-state index contributed by atoms with van der Waals surface area (Å²) < 4.78 is 23.3. The van der Waals surface area contributed by atoms with Crippen molar-refractivity contribution >= 4 is 32.0 Å². The van der Waals surface area contributed by atoms with Crippen LogP contribution in [0.4, 0.5) is 11.4 Å². The van der Waals surface area contributed by atoms with E-state index >= 15 is 0 Å². The Morgan fingerprint density at radius 3 is 2.42 bits per heavy atom. The Balaban J connectivity index is 2.01. The first-order valence-corrected chi connectivity index (χ1v) is 9.89. The molecule has 0 unspecified atom stereocenters. The second-order valence-corrected chi connectivity index (χ2v) is 8.16. The number of sulfone groups is 1. The summed E-state index contributed by atoms with van der Waals surface area (Å²) in [6.45, 7) is 1.91.